The summed E-state index contributed by atoms with van der Waals surface area (Å²) < 4.78 is 5.41. The lowest BCUT2D eigenvalue weighted by molar-refractivity contribution is 0.0375. The minimum Gasteiger partial charge on any atom is -0.381 e. The van der Waals surface area contributed by atoms with E-state index in [4.69, 9.17) is 16.3 Å². The maximum absolute atomic E-state index is 12.5. The number of carbonyl (C=O) groups excluding carboxylic acids is 1. The number of nitrogens with zero attached hydrogens (tertiary/aromatic N) is 1. The summed E-state index contributed by atoms with van der Waals surface area (Å²) in [7, 11) is 0. The van der Waals surface area contributed by atoms with E-state index in [0.29, 0.717) is 29.7 Å². The number of hydrogen-bond donors (Lipinski definition) is 1. The molecule has 0 saturated carbocycles. The van der Waals surface area contributed by atoms with E-state index in [1.165, 1.54) is 0 Å². The van der Waals surface area contributed by atoms with E-state index >= 15 is 0 Å². The molecular formula is C18H19ClN2O2. The third kappa shape index (κ3) is 3.89. The summed E-state index contributed by atoms with van der Waals surface area (Å²) in [6, 6.07) is 9.50. The van der Waals surface area contributed by atoms with Crippen LogP contribution >= 0.6 is 11.6 Å². The predicted octanol–water partition coefficient (Wildman–Crippen LogP) is 3.56. The Hall–Kier alpha value is -1.91. The Labute approximate surface area is 140 Å². The molecule has 2 unspecified atom stereocenters. The second kappa shape index (κ2) is 7.11. The maximum Gasteiger partial charge on any atom is 0.253 e. The second-order valence-electron chi connectivity index (χ2n) is 5.89. The number of rotatable bonds is 3. The zero-order valence-corrected chi connectivity index (χ0v) is 13.7. The number of benzene rings is 1. The first-order chi connectivity index (χ1) is 11.1. The van der Waals surface area contributed by atoms with Gasteiger partial charge in [-0.05, 0) is 36.1 Å². The lowest BCUT2D eigenvalue weighted by atomic mass is 9.97. The van der Waals surface area contributed by atoms with Crippen molar-refractivity contribution in [3.63, 3.8) is 0 Å². The number of pyridine rings is 1. The van der Waals surface area contributed by atoms with E-state index in [2.05, 4.69) is 17.2 Å². The molecule has 1 aliphatic heterocycles. The molecule has 1 aromatic carbocycles. The van der Waals surface area contributed by atoms with Gasteiger partial charge < -0.3 is 10.1 Å². The van der Waals surface area contributed by atoms with Crippen LogP contribution in [0, 0.1) is 5.92 Å². The van der Waals surface area contributed by atoms with Gasteiger partial charge in [0.2, 0.25) is 0 Å². The van der Waals surface area contributed by atoms with Crippen LogP contribution in [0.3, 0.4) is 0 Å². The Morgan fingerprint density at radius 2 is 2.04 bits per heavy atom. The highest BCUT2D eigenvalue weighted by Crippen LogP contribution is 2.22. The summed E-state index contributed by atoms with van der Waals surface area (Å²) in [4.78, 5) is 16.7. The molecule has 23 heavy (non-hydrogen) atoms. The highest BCUT2D eigenvalue weighted by molar-refractivity contribution is 6.30. The van der Waals surface area contributed by atoms with Crippen LogP contribution in [0.15, 0.2) is 42.7 Å². The van der Waals surface area contributed by atoms with Crippen LogP contribution in [-0.4, -0.2) is 30.1 Å². The Bertz CT molecular complexity index is 688. The minimum absolute atomic E-state index is 0.0907. The Morgan fingerprint density at radius 3 is 2.78 bits per heavy atom. The zero-order valence-electron chi connectivity index (χ0n) is 13.0. The van der Waals surface area contributed by atoms with Gasteiger partial charge in [-0.1, -0.05) is 30.7 Å². The van der Waals surface area contributed by atoms with Gasteiger partial charge in [-0.25, -0.2) is 0 Å². The van der Waals surface area contributed by atoms with Crippen LogP contribution in [0.25, 0.3) is 11.1 Å². The van der Waals surface area contributed by atoms with Crippen molar-refractivity contribution in [3.8, 4) is 11.1 Å². The van der Waals surface area contributed by atoms with Crippen LogP contribution < -0.4 is 5.32 Å². The molecule has 0 bridgehead atoms. The molecule has 5 heteroatoms. The standard InChI is InChI=1S/C18H19ClN2O2/c1-12-11-23-7-6-17(12)21-18(22)15-8-14(9-20-10-15)13-2-4-16(19)5-3-13/h2-5,8-10,12,17H,6-7,11H2,1H3,(H,21,22). The molecule has 1 saturated heterocycles. The molecule has 2 heterocycles. The molecule has 1 aliphatic rings. The third-order valence-electron chi connectivity index (χ3n) is 4.14. The van der Waals surface area contributed by atoms with Crippen LogP contribution in [-0.2, 0) is 4.74 Å². The molecule has 0 aliphatic carbocycles. The lowest BCUT2D eigenvalue weighted by Crippen LogP contribution is -2.44. The van der Waals surface area contributed by atoms with Gasteiger partial charge >= 0.3 is 0 Å². The van der Waals surface area contributed by atoms with Crippen molar-refractivity contribution in [3.05, 3.63) is 53.3 Å². The van der Waals surface area contributed by atoms with Crippen LogP contribution in [0.4, 0.5) is 0 Å². The van der Waals surface area contributed by atoms with Gasteiger partial charge in [-0.3, -0.25) is 9.78 Å². The van der Waals surface area contributed by atoms with E-state index in [9.17, 15) is 4.79 Å². The van der Waals surface area contributed by atoms with Gasteiger partial charge in [-0.15, -0.1) is 0 Å². The van der Waals surface area contributed by atoms with Gasteiger partial charge in [0.05, 0.1) is 12.2 Å². The third-order valence-corrected chi connectivity index (χ3v) is 4.39. The second-order valence-corrected chi connectivity index (χ2v) is 6.33. The molecule has 1 N–H and O–H groups in total. The fourth-order valence-corrected chi connectivity index (χ4v) is 2.84. The van der Waals surface area contributed by atoms with Crippen molar-refractivity contribution in [2.45, 2.75) is 19.4 Å². The van der Waals surface area contributed by atoms with Crippen molar-refractivity contribution >= 4 is 17.5 Å². The number of carbonyl (C=O) groups is 1. The molecule has 1 fully saturated rings. The number of hydrogen-bond acceptors (Lipinski definition) is 3. The van der Waals surface area contributed by atoms with E-state index in [-0.39, 0.29) is 11.9 Å². The molecule has 0 radical (unpaired) electrons. The molecule has 3 rings (SSSR count). The van der Waals surface area contributed by atoms with Gasteiger partial charge in [0, 0.05) is 35.6 Å². The van der Waals surface area contributed by atoms with Crippen molar-refractivity contribution in [1.82, 2.24) is 10.3 Å². The fraction of sp³-hybridized carbons (Fsp3) is 0.333. The maximum atomic E-state index is 12.5. The Morgan fingerprint density at radius 1 is 1.26 bits per heavy atom. The van der Waals surface area contributed by atoms with Crippen molar-refractivity contribution < 1.29 is 9.53 Å². The zero-order chi connectivity index (χ0) is 16.2. The summed E-state index contributed by atoms with van der Waals surface area (Å²) in [6.07, 6.45) is 4.19. The Balaban J connectivity index is 1.76. The average molecular weight is 331 g/mol. The lowest BCUT2D eigenvalue weighted by Gasteiger charge is -2.29. The van der Waals surface area contributed by atoms with Gasteiger partial charge in [0.25, 0.3) is 5.91 Å². The summed E-state index contributed by atoms with van der Waals surface area (Å²) in [6.45, 7) is 3.47. The van der Waals surface area contributed by atoms with E-state index in [0.717, 1.165) is 17.5 Å². The molecule has 2 aromatic rings. The molecule has 120 valence electrons. The molecule has 4 nitrogen and oxygen atoms in total. The monoisotopic (exact) mass is 330 g/mol. The molecule has 1 aromatic heterocycles. The van der Waals surface area contributed by atoms with Crippen molar-refractivity contribution in [2.75, 3.05) is 13.2 Å². The predicted molar refractivity (Wildman–Crippen MR) is 90.5 cm³/mol. The summed E-state index contributed by atoms with van der Waals surface area (Å²) in [5.41, 5.74) is 2.45. The van der Waals surface area contributed by atoms with Gasteiger partial charge in [-0.2, -0.15) is 0 Å². The van der Waals surface area contributed by atoms with E-state index in [1.54, 1.807) is 12.4 Å². The quantitative estimate of drug-likeness (QED) is 0.936. The van der Waals surface area contributed by atoms with Crippen LogP contribution in [0.2, 0.25) is 5.02 Å². The summed E-state index contributed by atoms with van der Waals surface area (Å²) >= 11 is 5.91. The van der Waals surface area contributed by atoms with Crippen molar-refractivity contribution in [1.29, 1.82) is 0 Å². The van der Waals surface area contributed by atoms with Crippen LogP contribution in [0.1, 0.15) is 23.7 Å². The highest BCUT2D eigenvalue weighted by atomic mass is 35.5. The van der Waals surface area contributed by atoms with Gasteiger partial charge in [0.1, 0.15) is 0 Å². The minimum atomic E-state index is -0.0907. The number of nitrogens with one attached hydrogen (secondary N) is 1. The van der Waals surface area contributed by atoms with Crippen LogP contribution in [0.5, 0.6) is 0 Å². The first-order valence-corrected chi connectivity index (χ1v) is 8.11. The number of amides is 1. The smallest absolute Gasteiger partial charge is 0.253 e. The van der Waals surface area contributed by atoms with E-state index in [1.807, 2.05) is 30.3 Å². The summed E-state index contributed by atoms with van der Waals surface area (Å²) in [5, 5.41) is 3.78. The Kier molecular flexibility index (Phi) is 4.94. The molecular weight excluding hydrogens is 312 g/mol. The van der Waals surface area contributed by atoms with E-state index < -0.39 is 0 Å². The number of ether oxygens (including phenoxy) is 1. The number of aromatic nitrogens is 1. The first-order valence-electron chi connectivity index (χ1n) is 7.73. The largest absolute Gasteiger partial charge is 0.381 e. The molecule has 0 spiro atoms. The topological polar surface area (TPSA) is 51.2 Å². The number of halogens is 1. The highest BCUT2D eigenvalue weighted by Gasteiger charge is 2.24. The molecule has 2 atom stereocenters. The normalized spacial score (nSPS) is 21.0. The fourth-order valence-electron chi connectivity index (χ4n) is 2.71. The average Bonchev–Trinajstić information content (AvgIpc) is 2.58. The first kappa shape index (κ1) is 16.0. The summed E-state index contributed by atoms with van der Waals surface area (Å²) in [5.74, 6) is 0.229. The van der Waals surface area contributed by atoms with Gasteiger partial charge in [0.15, 0.2) is 0 Å². The SMILES string of the molecule is CC1COCCC1NC(=O)c1cncc(-c2ccc(Cl)cc2)c1. The molecule has 1 amide bonds. The van der Waals surface area contributed by atoms with Crippen molar-refractivity contribution in [2.24, 2.45) is 5.92 Å².